The number of piperidine rings is 1. The fourth-order valence-corrected chi connectivity index (χ4v) is 6.08. The first-order chi connectivity index (χ1) is 15.4. The number of thioether (sulfide) groups is 1. The second kappa shape index (κ2) is 10.2. The second-order valence-corrected chi connectivity index (χ2v) is 12.4. The van der Waals surface area contributed by atoms with Crippen LogP contribution in [0.2, 0.25) is 0 Å². The molecule has 32 heavy (non-hydrogen) atoms. The van der Waals surface area contributed by atoms with Gasteiger partial charge in [-0.2, -0.15) is 22.4 Å². The highest BCUT2D eigenvalue weighted by atomic mass is 32.3. The van der Waals surface area contributed by atoms with Crippen LogP contribution in [0, 0.1) is 0 Å². The number of nitrogens with one attached hydrogen (secondary N) is 1. The van der Waals surface area contributed by atoms with Crippen LogP contribution in [0.5, 0.6) is 0 Å². The molecular weight excluding hydrogens is 444 g/mol. The zero-order valence-electron chi connectivity index (χ0n) is 18.9. The summed E-state index contributed by atoms with van der Waals surface area (Å²) >= 11 is 1.59. The number of imidazole rings is 1. The number of aromatic amines is 1. The van der Waals surface area contributed by atoms with E-state index in [0.717, 1.165) is 62.5 Å². The van der Waals surface area contributed by atoms with Crippen molar-refractivity contribution >= 4 is 28.3 Å². The van der Waals surface area contributed by atoms with E-state index >= 15 is 0 Å². The van der Waals surface area contributed by atoms with Crippen LogP contribution in [0.25, 0.3) is 11.3 Å². The Morgan fingerprint density at radius 3 is 2.62 bits per heavy atom. The van der Waals surface area contributed by atoms with Crippen molar-refractivity contribution in [1.29, 1.82) is 0 Å². The Hall–Kier alpha value is -1.52. The van der Waals surface area contributed by atoms with E-state index in [4.69, 9.17) is 0 Å². The molecule has 2 aromatic rings. The maximum absolute atomic E-state index is 12.9. The third kappa shape index (κ3) is 5.51. The molecule has 2 unspecified atom stereocenters. The Kier molecular flexibility index (Phi) is 7.51. The first-order valence-corrected chi connectivity index (χ1v) is 14.5. The lowest BCUT2D eigenvalue weighted by atomic mass is 10.0. The molecule has 4 rings (SSSR count). The van der Waals surface area contributed by atoms with Gasteiger partial charge in [0.15, 0.2) is 0 Å². The molecule has 3 heterocycles. The molecule has 2 aliphatic rings. The molecule has 2 fully saturated rings. The molecule has 3 N–H and O–H groups in total. The lowest BCUT2D eigenvalue weighted by molar-refractivity contribution is -0.134. The fraction of sp³-hybridized carbons (Fsp3) is 0.565. The minimum atomic E-state index is -2.35. The predicted octanol–water partition coefficient (Wildman–Crippen LogP) is 4.45. The van der Waals surface area contributed by atoms with Gasteiger partial charge in [-0.3, -0.25) is 18.8 Å². The van der Waals surface area contributed by atoms with Gasteiger partial charge in [0.05, 0.1) is 34.7 Å². The van der Waals surface area contributed by atoms with Gasteiger partial charge in [-0.25, -0.2) is 4.98 Å². The lowest BCUT2D eigenvalue weighted by Gasteiger charge is -2.41. The summed E-state index contributed by atoms with van der Waals surface area (Å²) in [5.41, 5.74) is 3.25. The number of nitrogens with zero attached hydrogens (tertiary/aromatic N) is 3. The first-order valence-electron chi connectivity index (χ1n) is 11.3. The first kappa shape index (κ1) is 23.6. The molecule has 1 aromatic carbocycles. The molecule has 7 nitrogen and oxygen atoms in total. The summed E-state index contributed by atoms with van der Waals surface area (Å²) in [7, 11) is -2.35. The number of rotatable bonds is 6. The number of aromatic nitrogens is 2. The van der Waals surface area contributed by atoms with Crippen molar-refractivity contribution < 1.29 is 13.9 Å². The van der Waals surface area contributed by atoms with Crippen LogP contribution in [-0.2, 0) is 11.3 Å². The van der Waals surface area contributed by atoms with Crippen LogP contribution in [0.15, 0.2) is 30.5 Å². The highest BCUT2D eigenvalue weighted by molar-refractivity contribution is 8.24. The molecule has 0 bridgehead atoms. The fourth-order valence-electron chi connectivity index (χ4n) is 4.44. The molecule has 1 aromatic heterocycles. The van der Waals surface area contributed by atoms with Gasteiger partial charge in [-0.1, -0.05) is 24.3 Å². The molecule has 2 saturated heterocycles. The number of carbonyl (C=O) groups excluding carboxylic acids is 1. The van der Waals surface area contributed by atoms with Crippen molar-refractivity contribution in [3.05, 3.63) is 41.9 Å². The molecule has 2 atom stereocenters. The molecule has 1 amide bonds. The molecule has 2 aliphatic heterocycles. The minimum absolute atomic E-state index is 0.0188. The quantitative estimate of drug-likeness (QED) is 0.568. The predicted molar refractivity (Wildman–Crippen MR) is 133 cm³/mol. The summed E-state index contributed by atoms with van der Waals surface area (Å²) in [6, 6.07) is 8.47. The van der Waals surface area contributed by atoms with E-state index in [-0.39, 0.29) is 17.2 Å². The summed E-state index contributed by atoms with van der Waals surface area (Å²) in [4.78, 5) is 25.3. The Morgan fingerprint density at radius 1 is 1.22 bits per heavy atom. The van der Waals surface area contributed by atoms with Gasteiger partial charge in [0.1, 0.15) is 5.82 Å². The van der Waals surface area contributed by atoms with Crippen LogP contribution in [0.4, 0.5) is 0 Å². The van der Waals surface area contributed by atoms with Crippen molar-refractivity contribution in [1.82, 2.24) is 19.8 Å². The van der Waals surface area contributed by atoms with E-state index in [1.54, 1.807) is 11.8 Å². The normalized spacial score (nSPS) is 23.6. The topological polar surface area (TPSA) is 92.7 Å². The van der Waals surface area contributed by atoms with E-state index < -0.39 is 10.6 Å². The van der Waals surface area contributed by atoms with E-state index in [2.05, 4.69) is 39.1 Å². The lowest BCUT2D eigenvalue weighted by Crippen LogP contribution is -2.42. The summed E-state index contributed by atoms with van der Waals surface area (Å²) in [6.45, 7) is 5.03. The number of likely N-dealkylation sites (tertiary alicyclic amines) is 1. The van der Waals surface area contributed by atoms with Crippen molar-refractivity contribution in [2.75, 3.05) is 37.4 Å². The van der Waals surface area contributed by atoms with Crippen LogP contribution in [-0.4, -0.2) is 77.4 Å². The second-order valence-electron chi connectivity index (χ2n) is 8.79. The number of hydrogen-bond donors (Lipinski definition) is 3. The smallest absolute Gasteiger partial charge is 0.236 e. The summed E-state index contributed by atoms with van der Waals surface area (Å²) in [6.07, 6.45) is 6.95. The van der Waals surface area contributed by atoms with E-state index in [1.807, 2.05) is 24.3 Å². The SMILES string of the molecule is CSC(C)C(=O)N1CCCCC1c1ncc(-c2ccc(CN3CCS(O)(O)CC3)cc2)[nH]1. The van der Waals surface area contributed by atoms with Gasteiger partial charge in [0.2, 0.25) is 5.91 Å². The third-order valence-electron chi connectivity index (χ3n) is 6.54. The monoisotopic (exact) mass is 478 g/mol. The zero-order valence-corrected chi connectivity index (χ0v) is 20.5. The highest BCUT2D eigenvalue weighted by Gasteiger charge is 2.32. The Morgan fingerprint density at radius 2 is 1.94 bits per heavy atom. The van der Waals surface area contributed by atoms with E-state index in [9.17, 15) is 13.9 Å². The Bertz CT molecular complexity index is 908. The van der Waals surface area contributed by atoms with Gasteiger partial charge < -0.3 is 9.88 Å². The molecule has 176 valence electrons. The van der Waals surface area contributed by atoms with Crippen molar-refractivity contribution in [3.63, 3.8) is 0 Å². The minimum Gasteiger partial charge on any atom is -0.340 e. The van der Waals surface area contributed by atoms with Gasteiger partial charge in [0, 0.05) is 26.2 Å². The van der Waals surface area contributed by atoms with Crippen molar-refractivity contribution in [2.24, 2.45) is 0 Å². The van der Waals surface area contributed by atoms with Crippen LogP contribution in [0.1, 0.15) is 43.6 Å². The summed E-state index contributed by atoms with van der Waals surface area (Å²) in [5.74, 6) is 2.01. The zero-order chi connectivity index (χ0) is 22.7. The average Bonchev–Trinajstić information content (AvgIpc) is 3.30. The Balaban J connectivity index is 1.42. The molecule has 9 heteroatoms. The highest BCUT2D eigenvalue weighted by Crippen LogP contribution is 2.40. The standard InChI is InChI=1S/C23H34N4O3S2/c1-17(31-2)23(28)27-10-4-3-5-21(27)22-24-15-20(25-22)19-8-6-18(7-9-19)16-26-11-13-32(29,30)14-12-26/h6-9,15,17,21,29-30H,3-5,10-14,16H2,1-2H3,(H,24,25). The number of H-pyrrole nitrogens is 1. The molecule has 0 saturated carbocycles. The molecule has 0 spiro atoms. The van der Waals surface area contributed by atoms with Gasteiger partial charge in [0.25, 0.3) is 0 Å². The number of hydrogen-bond acceptors (Lipinski definition) is 6. The number of benzene rings is 1. The van der Waals surface area contributed by atoms with Gasteiger partial charge in [-0.05, 0) is 43.6 Å². The van der Waals surface area contributed by atoms with Crippen LogP contribution < -0.4 is 0 Å². The summed E-state index contributed by atoms with van der Waals surface area (Å²) in [5, 5.41) is -0.0370. The van der Waals surface area contributed by atoms with Gasteiger partial charge >= 0.3 is 0 Å². The average molecular weight is 479 g/mol. The van der Waals surface area contributed by atoms with E-state index in [0.29, 0.717) is 11.5 Å². The van der Waals surface area contributed by atoms with E-state index in [1.165, 1.54) is 5.56 Å². The van der Waals surface area contributed by atoms with Crippen molar-refractivity contribution in [3.8, 4) is 11.3 Å². The van der Waals surface area contributed by atoms with Gasteiger partial charge in [-0.15, -0.1) is 0 Å². The maximum atomic E-state index is 12.9. The molecular formula is C23H34N4O3S2. The number of carbonyl (C=O) groups is 1. The van der Waals surface area contributed by atoms with Crippen LogP contribution in [0.3, 0.4) is 0 Å². The largest absolute Gasteiger partial charge is 0.340 e. The summed E-state index contributed by atoms with van der Waals surface area (Å²) < 4.78 is 19.6. The molecule has 0 radical (unpaired) electrons. The number of amides is 1. The maximum Gasteiger partial charge on any atom is 0.236 e. The van der Waals surface area contributed by atoms with Crippen molar-refractivity contribution in [2.45, 2.75) is 44.0 Å². The molecule has 0 aliphatic carbocycles. The Labute approximate surface area is 196 Å². The third-order valence-corrected chi connectivity index (χ3v) is 9.12. The van der Waals surface area contributed by atoms with Crippen LogP contribution >= 0.6 is 22.4 Å².